The second-order valence-corrected chi connectivity index (χ2v) is 10.8. The van der Waals surface area contributed by atoms with Crippen LogP contribution in [0.3, 0.4) is 0 Å². The lowest BCUT2D eigenvalue weighted by atomic mass is 9.80. The van der Waals surface area contributed by atoms with Crippen LogP contribution in [0, 0.1) is 11.8 Å². The van der Waals surface area contributed by atoms with Crippen LogP contribution in [0.5, 0.6) is 5.75 Å². The van der Waals surface area contributed by atoms with E-state index in [9.17, 15) is 14.4 Å². The molecule has 0 bridgehead atoms. The molecule has 0 aromatic heterocycles. The van der Waals surface area contributed by atoms with Crippen molar-refractivity contribution in [3.63, 3.8) is 0 Å². The molecule has 2 aliphatic heterocycles. The predicted molar refractivity (Wildman–Crippen MR) is 122 cm³/mol. The van der Waals surface area contributed by atoms with Crippen LogP contribution in [-0.4, -0.2) is 54.1 Å². The average Bonchev–Trinajstić information content (AvgIpc) is 3.56. The Balaban J connectivity index is 1.59. The van der Waals surface area contributed by atoms with Gasteiger partial charge >= 0.3 is 12.1 Å². The van der Waals surface area contributed by atoms with Crippen LogP contribution in [0.15, 0.2) is 18.2 Å². The maximum absolute atomic E-state index is 13.1. The van der Waals surface area contributed by atoms with E-state index in [4.69, 9.17) is 14.2 Å². The number of nitrogens with zero attached hydrogens (tertiary/aromatic N) is 1. The Bertz CT molecular complexity index is 947. The van der Waals surface area contributed by atoms with Gasteiger partial charge in [0.2, 0.25) is 0 Å². The largest absolute Gasteiger partial charge is 0.484 e. The first-order chi connectivity index (χ1) is 15.5. The van der Waals surface area contributed by atoms with Crippen LogP contribution in [0.4, 0.5) is 4.79 Å². The van der Waals surface area contributed by atoms with Crippen LogP contribution < -0.4 is 4.74 Å². The molecule has 3 atom stereocenters. The highest BCUT2D eigenvalue weighted by Gasteiger charge is 2.46. The molecular weight excluding hydrogens is 422 g/mol. The minimum absolute atomic E-state index is 0.0258. The first kappa shape index (κ1) is 23.6. The number of esters is 1. The number of carbonyl (C=O) groups is 3. The van der Waals surface area contributed by atoms with Crippen molar-refractivity contribution in [1.29, 1.82) is 0 Å². The van der Waals surface area contributed by atoms with Crippen LogP contribution >= 0.6 is 0 Å². The molecule has 2 heterocycles. The molecular formula is C26H35NO6. The van der Waals surface area contributed by atoms with Crippen molar-refractivity contribution in [2.24, 2.45) is 11.8 Å². The van der Waals surface area contributed by atoms with E-state index in [1.807, 2.05) is 45.9 Å². The number of rotatable bonds is 4. The van der Waals surface area contributed by atoms with Crippen molar-refractivity contribution in [3.8, 4) is 5.75 Å². The highest BCUT2D eigenvalue weighted by Crippen LogP contribution is 2.49. The molecule has 1 saturated heterocycles. The van der Waals surface area contributed by atoms with Crippen molar-refractivity contribution >= 4 is 17.8 Å². The third kappa shape index (κ3) is 5.02. The van der Waals surface area contributed by atoms with E-state index < -0.39 is 11.2 Å². The van der Waals surface area contributed by atoms with Gasteiger partial charge in [0.1, 0.15) is 17.0 Å². The number of Topliss-reactive ketones (excluding diaryl/α,β-unsaturated/α-hetero) is 1. The number of piperidine rings is 1. The van der Waals surface area contributed by atoms with Gasteiger partial charge < -0.3 is 19.1 Å². The summed E-state index contributed by atoms with van der Waals surface area (Å²) in [5, 5.41) is 0. The molecule has 180 valence electrons. The van der Waals surface area contributed by atoms with Gasteiger partial charge in [-0.25, -0.2) is 4.79 Å². The van der Waals surface area contributed by atoms with Crippen LogP contribution in [0.2, 0.25) is 0 Å². The number of likely N-dealkylation sites (tertiary alicyclic amines) is 1. The summed E-state index contributed by atoms with van der Waals surface area (Å²) >= 11 is 0. The number of hydrogen-bond donors (Lipinski definition) is 0. The van der Waals surface area contributed by atoms with E-state index in [0.29, 0.717) is 36.7 Å². The fourth-order valence-electron chi connectivity index (χ4n) is 5.28. The summed E-state index contributed by atoms with van der Waals surface area (Å²) in [5.74, 6) is 0.548. The lowest BCUT2D eigenvalue weighted by Crippen LogP contribution is -2.56. The minimum Gasteiger partial charge on any atom is -0.484 e. The van der Waals surface area contributed by atoms with Gasteiger partial charge in [-0.05, 0) is 76.0 Å². The number of benzene rings is 1. The Labute approximate surface area is 195 Å². The van der Waals surface area contributed by atoms with Crippen molar-refractivity contribution in [2.75, 3.05) is 20.2 Å². The highest BCUT2D eigenvalue weighted by atomic mass is 16.6. The van der Waals surface area contributed by atoms with Crippen molar-refractivity contribution in [3.05, 3.63) is 29.3 Å². The van der Waals surface area contributed by atoms with E-state index in [-0.39, 0.29) is 36.1 Å². The second kappa shape index (κ2) is 8.65. The zero-order valence-electron chi connectivity index (χ0n) is 20.3. The molecule has 0 radical (unpaired) electrons. The second-order valence-electron chi connectivity index (χ2n) is 10.8. The highest BCUT2D eigenvalue weighted by molar-refractivity contribution is 6.00. The van der Waals surface area contributed by atoms with Gasteiger partial charge in [-0.15, -0.1) is 0 Å². The summed E-state index contributed by atoms with van der Waals surface area (Å²) in [6.45, 7) is 8.34. The van der Waals surface area contributed by atoms with Gasteiger partial charge in [0.15, 0.2) is 5.78 Å². The summed E-state index contributed by atoms with van der Waals surface area (Å²) in [5.41, 5.74) is 0.236. The molecule has 1 aromatic rings. The SMILES string of the molecule is COC(=O)[C@@H](C)[C@H](c1ccc2c(c1)OC1(CCCN(C(=O)OC(C)(C)C)C1)CC2=O)C1CC1. The zero-order chi connectivity index (χ0) is 24.0. The summed E-state index contributed by atoms with van der Waals surface area (Å²) in [6, 6.07) is 5.71. The van der Waals surface area contributed by atoms with Crippen molar-refractivity contribution in [1.82, 2.24) is 4.90 Å². The normalized spacial score (nSPS) is 24.5. The third-order valence-corrected chi connectivity index (χ3v) is 6.93. The van der Waals surface area contributed by atoms with Gasteiger partial charge in [-0.3, -0.25) is 9.59 Å². The van der Waals surface area contributed by atoms with Gasteiger partial charge in [0, 0.05) is 6.54 Å². The number of hydrogen-bond acceptors (Lipinski definition) is 6. The first-order valence-electron chi connectivity index (χ1n) is 11.9. The van der Waals surface area contributed by atoms with Gasteiger partial charge in [0.05, 0.1) is 31.6 Å². The fourth-order valence-corrected chi connectivity index (χ4v) is 5.28. The smallest absolute Gasteiger partial charge is 0.410 e. The van der Waals surface area contributed by atoms with Crippen LogP contribution in [0.25, 0.3) is 0 Å². The Morgan fingerprint density at radius 1 is 1.24 bits per heavy atom. The summed E-state index contributed by atoms with van der Waals surface area (Å²) in [7, 11) is 1.42. The molecule has 1 unspecified atom stereocenters. The topological polar surface area (TPSA) is 82.1 Å². The predicted octanol–water partition coefficient (Wildman–Crippen LogP) is 4.72. The maximum atomic E-state index is 13.1. The molecule has 1 aromatic carbocycles. The Morgan fingerprint density at radius 3 is 2.61 bits per heavy atom. The third-order valence-electron chi connectivity index (χ3n) is 6.93. The molecule has 1 saturated carbocycles. The quantitative estimate of drug-likeness (QED) is 0.608. The Morgan fingerprint density at radius 2 is 1.97 bits per heavy atom. The van der Waals surface area contributed by atoms with Gasteiger partial charge in [0.25, 0.3) is 0 Å². The Kier molecular flexibility index (Phi) is 6.18. The average molecular weight is 458 g/mol. The van der Waals surface area contributed by atoms with Gasteiger partial charge in [-0.1, -0.05) is 13.0 Å². The molecule has 2 fully saturated rings. The lowest BCUT2D eigenvalue weighted by molar-refractivity contribution is -0.145. The van der Waals surface area contributed by atoms with E-state index in [0.717, 1.165) is 24.8 Å². The molecule has 7 heteroatoms. The first-order valence-corrected chi connectivity index (χ1v) is 11.9. The van der Waals surface area contributed by atoms with Crippen molar-refractivity contribution in [2.45, 2.75) is 76.9 Å². The molecule has 4 rings (SSSR count). The molecule has 0 N–H and O–H groups in total. The van der Waals surface area contributed by atoms with Gasteiger partial charge in [-0.2, -0.15) is 0 Å². The summed E-state index contributed by atoms with van der Waals surface area (Å²) < 4.78 is 17.1. The fraction of sp³-hybridized carbons (Fsp3) is 0.654. The minimum atomic E-state index is -0.749. The number of fused-ring (bicyclic) bond motifs is 1. The summed E-state index contributed by atoms with van der Waals surface area (Å²) in [6.07, 6.45) is 3.47. The lowest BCUT2D eigenvalue weighted by Gasteiger charge is -2.45. The maximum Gasteiger partial charge on any atom is 0.410 e. The number of methoxy groups -OCH3 is 1. The monoisotopic (exact) mass is 457 g/mol. The number of ketones is 1. The number of ether oxygens (including phenoxy) is 3. The van der Waals surface area contributed by atoms with E-state index >= 15 is 0 Å². The van der Waals surface area contributed by atoms with Crippen LogP contribution in [0.1, 0.15) is 81.6 Å². The molecule has 33 heavy (non-hydrogen) atoms. The number of amides is 1. The molecule has 7 nitrogen and oxygen atoms in total. The van der Waals surface area contributed by atoms with E-state index in [2.05, 4.69) is 0 Å². The number of carbonyl (C=O) groups excluding carboxylic acids is 3. The Hall–Kier alpha value is -2.57. The molecule has 1 aliphatic carbocycles. The molecule has 1 amide bonds. The molecule has 1 spiro atoms. The van der Waals surface area contributed by atoms with Crippen molar-refractivity contribution < 1.29 is 28.6 Å². The zero-order valence-corrected chi connectivity index (χ0v) is 20.3. The summed E-state index contributed by atoms with van der Waals surface area (Å²) in [4.78, 5) is 39.7. The van der Waals surface area contributed by atoms with E-state index in [1.54, 1.807) is 4.90 Å². The van der Waals surface area contributed by atoms with E-state index in [1.165, 1.54) is 7.11 Å². The molecule has 3 aliphatic rings. The standard InChI is InChI=1S/C26H35NO6/c1-16(23(29)31-5)22(17-7-8-17)18-9-10-19-20(28)14-26(32-21(19)13-18)11-6-12-27(15-26)24(30)33-25(2,3)4/h9-10,13,16-17,22H,6-8,11-12,14-15H2,1-5H3/t16-,22-,26?/m0/s1. The van der Waals surface area contributed by atoms with Crippen LogP contribution in [-0.2, 0) is 14.3 Å².